The van der Waals surface area contributed by atoms with Crippen LogP contribution >= 0.6 is 0 Å². The van der Waals surface area contributed by atoms with Gasteiger partial charge >= 0.3 is 0 Å². The summed E-state index contributed by atoms with van der Waals surface area (Å²) in [5, 5.41) is 0. The summed E-state index contributed by atoms with van der Waals surface area (Å²) < 4.78 is 0. The van der Waals surface area contributed by atoms with Crippen LogP contribution in [0.3, 0.4) is 0 Å². The Hall–Kier alpha value is -2.48. The van der Waals surface area contributed by atoms with E-state index in [0.29, 0.717) is 5.92 Å². The first-order valence-electron chi connectivity index (χ1n) is 15.7. The van der Waals surface area contributed by atoms with Crippen LogP contribution in [-0.2, 0) is 0 Å². The fraction of sp³-hybridized carbons (Fsp3) is 0.564. The number of hydrogen-bond acceptors (Lipinski definition) is 0. The van der Waals surface area contributed by atoms with E-state index in [2.05, 4.69) is 96.9 Å². The zero-order valence-electron chi connectivity index (χ0n) is 26.6. The first-order chi connectivity index (χ1) is 18.8. The molecule has 0 heteroatoms. The van der Waals surface area contributed by atoms with E-state index in [1.54, 1.807) is 40.4 Å². The maximum atomic E-state index is 4.60. The summed E-state index contributed by atoms with van der Waals surface area (Å²) in [6, 6.07) is 0. The molecule has 0 radical (unpaired) electrons. The molecule has 0 heterocycles. The standard InChI is InChI=1S/C19H26.C17H26.C3H4/c1-3-16-12-10-7-11-15-19(16)18(4-2)17-13-8-5-6-9-14-17;1-6-16(15-8-7-9-15)14(5)17-12(3)10-11(2)13(17)4;1-3-2/h4,7,11-12,15,17H,3,5-6,8-9,13-14H2,1-2H3;6,14-15H,7-10H2,1-5H3;1H,2H3/b18-4-;16-6+;. The van der Waals surface area contributed by atoms with Crippen molar-refractivity contribution >= 4 is 0 Å². The van der Waals surface area contributed by atoms with Crippen molar-refractivity contribution in [2.24, 2.45) is 17.8 Å². The smallest absolute Gasteiger partial charge is 0.00246 e. The highest BCUT2D eigenvalue weighted by Crippen LogP contribution is 2.44. The van der Waals surface area contributed by atoms with Gasteiger partial charge in [0.25, 0.3) is 0 Å². The molecule has 0 aromatic carbocycles. The molecule has 212 valence electrons. The Bertz CT molecular complexity index is 1100. The molecule has 4 rings (SSSR count). The lowest BCUT2D eigenvalue weighted by Gasteiger charge is -2.33. The van der Waals surface area contributed by atoms with Gasteiger partial charge in [0, 0.05) is 5.92 Å². The minimum atomic E-state index is 0.641. The van der Waals surface area contributed by atoms with Crippen LogP contribution in [0.4, 0.5) is 0 Å². The molecule has 0 spiro atoms. The van der Waals surface area contributed by atoms with Crippen molar-refractivity contribution in [3.63, 3.8) is 0 Å². The van der Waals surface area contributed by atoms with Crippen LogP contribution in [0.2, 0.25) is 0 Å². The van der Waals surface area contributed by atoms with Gasteiger partial charge in [-0.1, -0.05) is 87.0 Å². The normalized spacial score (nSPS) is 21.4. The second kappa shape index (κ2) is 17.3. The fourth-order valence-corrected chi connectivity index (χ4v) is 6.93. The Morgan fingerprint density at radius 1 is 0.974 bits per heavy atom. The summed E-state index contributed by atoms with van der Waals surface area (Å²) in [6.07, 6.45) is 32.9. The van der Waals surface area contributed by atoms with Crippen LogP contribution in [-0.4, -0.2) is 0 Å². The van der Waals surface area contributed by atoms with E-state index >= 15 is 0 Å². The number of rotatable bonds is 6. The van der Waals surface area contributed by atoms with E-state index < -0.39 is 0 Å². The highest BCUT2D eigenvalue weighted by atomic mass is 14.3. The number of hydrogen-bond donors (Lipinski definition) is 0. The quantitative estimate of drug-likeness (QED) is 0.140. The lowest BCUT2D eigenvalue weighted by molar-refractivity contribution is 0.347. The van der Waals surface area contributed by atoms with Crippen LogP contribution < -0.4 is 0 Å². The summed E-state index contributed by atoms with van der Waals surface area (Å²) in [5.74, 6) is 4.53. The highest BCUT2D eigenvalue weighted by molar-refractivity contribution is 5.50. The van der Waals surface area contributed by atoms with E-state index in [0.717, 1.165) is 18.3 Å². The van der Waals surface area contributed by atoms with Crippen molar-refractivity contribution in [2.75, 3.05) is 0 Å². The molecule has 0 saturated heterocycles. The number of terminal acetylenes is 1. The Kier molecular flexibility index (Phi) is 14.5. The van der Waals surface area contributed by atoms with E-state index in [1.165, 1.54) is 75.4 Å². The zero-order chi connectivity index (χ0) is 28.8. The van der Waals surface area contributed by atoms with Crippen molar-refractivity contribution in [1.29, 1.82) is 0 Å². The molecule has 0 aliphatic heterocycles. The molecular weight excluding hydrogens is 468 g/mol. The van der Waals surface area contributed by atoms with E-state index in [1.807, 2.05) is 6.08 Å². The first-order valence-corrected chi connectivity index (χ1v) is 15.7. The van der Waals surface area contributed by atoms with Crippen LogP contribution in [0.5, 0.6) is 0 Å². The average Bonchev–Trinajstić information content (AvgIpc) is 3.17. The minimum absolute atomic E-state index is 0.641. The van der Waals surface area contributed by atoms with E-state index in [9.17, 15) is 0 Å². The predicted octanol–water partition coefficient (Wildman–Crippen LogP) is 12.0. The molecule has 1 atom stereocenters. The van der Waals surface area contributed by atoms with Gasteiger partial charge < -0.3 is 0 Å². The molecule has 4 aliphatic rings. The molecular formula is C39H56. The van der Waals surface area contributed by atoms with Crippen LogP contribution in [0, 0.1) is 30.1 Å². The molecule has 0 aromatic heterocycles. The third-order valence-corrected chi connectivity index (χ3v) is 9.23. The van der Waals surface area contributed by atoms with Gasteiger partial charge in [0.05, 0.1) is 0 Å². The van der Waals surface area contributed by atoms with Crippen LogP contribution in [0.25, 0.3) is 0 Å². The summed E-state index contributed by atoms with van der Waals surface area (Å²) in [5.41, 5.74) is 15.8. The largest absolute Gasteiger partial charge is 0.121 e. The molecule has 0 amide bonds. The first kappa shape index (κ1) is 32.7. The predicted molar refractivity (Wildman–Crippen MR) is 175 cm³/mol. The highest BCUT2D eigenvalue weighted by Gasteiger charge is 2.29. The van der Waals surface area contributed by atoms with E-state index in [4.69, 9.17) is 0 Å². The SMILES string of the molecule is C#CC.C/C=C(/C1CCC1)C(C)C1=C(C)CC(C)=C1C.C/C=C(\C1=C(CC)C=C=CC=C1)C1CCCCCC1. The molecule has 39 heavy (non-hydrogen) atoms. The van der Waals surface area contributed by atoms with Gasteiger partial charge in [-0.15, -0.1) is 18.1 Å². The summed E-state index contributed by atoms with van der Waals surface area (Å²) in [4.78, 5) is 0. The molecule has 0 N–H and O–H groups in total. The van der Waals surface area contributed by atoms with Gasteiger partial charge in [-0.25, -0.2) is 0 Å². The molecule has 0 aromatic rings. The summed E-state index contributed by atoms with van der Waals surface area (Å²) in [6.45, 7) is 17.7. The van der Waals surface area contributed by atoms with Gasteiger partial charge in [0.2, 0.25) is 0 Å². The number of allylic oxidation sites excluding steroid dienone is 13. The lowest BCUT2D eigenvalue weighted by atomic mass is 9.72. The van der Waals surface area contributed by atoms with Crippen molar-refractivity contribution < 1.29 is 0 Å². The van der Waals surface area contributed by atoms with Crippen molar-refractivity contribution in [1.82, 2.24) is 0 Å². The van der Waals surface area contributed by atoms with Crippen LogP contribution in [0.1, 0.15) is 126 Å². The van der Waals surface area contributed by atoms with Crippen LogP contribution in [0.15, 0.2) is 86.8 Å². The van der Waals surface area contributed by atoms with Gasteiger partial charge in [-0.05, 0) is 132 Å². The topological polar surface area (TPSA) is 0 Å². The Morgan fingerprint density at radius 2 is 1.59 bits per heavy atom. The fourth-order valence-electron chi connectivity index (χ4n) is 6.93. The third-order valence-electron chi connectivity index (χ3n) is 9.23. The average molecular weight is 525 g/mol. The molecule has 4 aliphatic carbocycles. The molecule has 2 saturated carbocycles. The third kappa shape index (κ3) is 9.02. The summed E-state index contributed by atoms with van der Waals surface area (Å²) >= 11 is 0. The molecule has 0 nitrogen and oxygen atoms in total. The lowest BCUT2D eigenvalue weighted by Crippen LogP contribution is -2.20. The Balaban J connectivity index is 0.000000250. The van der Waals surface area contributed by atoms with Gasteiger partial charge in [-0.2, -0.15) is 0 Å². The zero-order valence-corrected chi connectivity index (χ0v) is 26.6. The minimum Gasteiger partial charge on any atom is -0.121 e. The van der Waals surface area contributed by atoms with Gasteiger partial charge in [0.1, 0.15) is 0 Å². The molecule has 1 unspecified atom stereocenters. The maximum absolute atomic E-state index is 4.60. The monoisotopic (exact) mass is 524 g/mol. The van der Waals surface area contributed by atoms with Crippen molar-refractivity contribution in [2.45, 2.75) is 126 Å². The van der Waals surface area contributed by atoms with Crippen molar-refractivity contribution in [3.8, 4) is 12.3 Å². The second-order valence-corrected chi connectivity index (χ2v) is 11.8. The van der Waals surface area contributed by atoms with E-state index in [-0.39, 0.29) is 0 Å². The van der Waals surface area contributed by atoms with Crippen molar-refractivity contribution in [3.05, 3.63) is 86.8 Å². The Labute approximate surface area is 242 Å². The molecule has 2 fully saturated rings. The second-order valence-electron chi connectivity index (χ2n) is 11.8. The summed E-state index contributed by atoms with van der Waals surface area (Å²) in [7, 11) is 0. The maximum Gasteiger partial charge on any atom is 0.00246 e. The van der Waals surface area contributed by atoms with Gasteiger partial charge in [-0.3, -0.25) is 0 Å². The Morgan fingerprint density at radius 3 is 2.05 bits per heavy atom. The van der Waals surface area contributed by atoms with Gasteiger partial charge in [0.15, 0.2) is 0 Å². The molecule has 0 bridgehead atoms.